The zero-order valence-corrected chi connectivity index (χ0v) is 11.2. The molecule has 0 spiro atoms. The van der Waals surface area contributed by atoms with Gasteiger partial charge in [0, 0.05) is 10.5 Å². The summed E-state index contributed by atoms with van der Waals surface area (Å²) in [6, 6.07) is 8.71. The summed E-state index contributed by atoms with van der Waals surface area (Å²) >= 11 is 3.58. The molecule has 84 valence electrons. The van der Waals surface area contributed by atoms with Crippen LogP contribution >= 0.6 is 15.9 Å². The molecule has 0 aromatic heterocycles. The molecule has 3 heteroatoms. The average Bonchev–Trinajstić information content (AvgIpc) is 2.20. The van der Waals surface area contributed by atoms with Crippen molar-refractivity contribution in [3.63, 3.8) is 0 Å². The van der Waals surface area contributed by atoms with Gasteiger partial charge in [0.25, 0.3) is 0 Å². The highest BCUT2D eigenvalue weighted by molar-refractivity contribution is 9.10. The lowest BCUT2D eigenvalue weighted by atomic mass is 9.97. The second kappa shape index (κ2) is 5.64. The number of benzene rings is 1. The van der Waals surface area contributed by atoms with Crippen LogP contribution in [0.25, 0.3) is 0 Å². The van der Waals surface area contributed by atoms with Crippen molar-refractivity contribution >= 4 is 15.9 Å². The Morgan fingerprint density at radius 2 is 1.93 bits per heavy atom. The van der Waals surface area contributed by atoms with Crippen LogP contribution in [0.2, 0.25) is 0 Å². The second-order valence-corrected chi connectivity index (χ2v) is 4.86. The number of rotatable bonds is 4. The van der Waals surface area contributed by atoms with Crippen LogP contribution in [0, 0.1) is 0 Å². The molecule has 1 rings (SSSR count). The van der Waals surface area contributed by atoms with E-state index in [4.69, 9.17) is 5.73 Å². The zero-order valence-electron chi connectivity index (χ0n) is 9.57. The van der Waals surface area contributed by atoms with Gasteiger partial charge in [-0.1, -0.05) is 41.1 Å². The number of hydrogen-bond acceptors (Lipinski definition) is 2. The molecule has 2 unspecified atom stereocenters. The quantitative estimate of drug-likeness (QED) is 0.912. The lowest BCUT2D eigenvalue weighted by molar-refractivity contribution is 0.253. The van der Waals surface area contributed by atoms with Crippen molar-refractivity contribution in [2.75, 3.05) is 14.1 Å². The molecule has 0 aliphatic heterocycles. The normalized spacial score (nSPS) is 15.3. The van der Waals surface area contributed by atoms with Crippen molar-refractivity contribution < 1.29 is 0 Å². The highest BCUT2D eigenvalue weighted by Crippen LogP contribution is 2.29. The van der Waals surface area contributed by atoms with E-state index in [1.807, 2.05) is 6.07 Å². The first-order chi connectivity index (χ1) is 7.07. The van der Waals surface area contributed by atoms with Crippen LogP contribution in [0.5, 0.6) is 0 Å². The van der Waals surface area contributed by atoms with E-state index in [1.54, 1.807) is 0 Å². The van der Waals surface area contributed by atoms with E-state index in [0.29, 0.717) is 0 Å². The number of nitrogens with two attached hydrogens (primary N) is 1. The fourth-order valence-corrected chi connectivity index (χ4v) is 2.35. The summed E-state index contributed by atoms with van der Waals surface area (Å²) in [5.41, 5.74) is 7.42. The molecular formula is C12H19BrN2. The van der Waals surface area contributed by atoms with E-state index < -0.39 is 0 Å². The monoisotopic (exact) mass is 270 g/mol. The van der Waals surface area contributed by atoms with E-state index in [-0.39, 0.29) is 12.1 Å². The molecule has 0 aliphatic rings. The third kappa shape index (κ3) is 3.03. The number of halogens is 1. The maximum atomic E-state index is 6.16. The van der Waals surface area contributed by atoms with Crippen molar-refractivity contribution in [2.45, 2.75) is 25.4 Å². The largest absolute Gasteiger partial charge is 0.326 e. The van der Waals surface area contributed by atoms with Crippen LogP contribution in [-0.4, -0.2) is 25.0 Å². The third-order valence-electron chi connectivity index (χ3n) is 2.66. The van der Waals surface area contributed by atoms with Crippen molar-refractivity contribution in [1.29, 1.82) is 0 Å². The smallest absolute Gasteiger partial charge is 0.0504 e. The number of likely N-dealkylation sites (N-methyl/N-ethyl adjacent to an activating group) is 1. The van der Waals surface area contributed by atoms with Crippen LogP contribution in [0.3, 0.4) is 0 Å². The molecule has 0 saturated carbocycles. The van der Waals surface area contributed by atoms with Gasteiger partial charge in [0.15, 0.2) is 0 Å². The van der Waals surface area contributed by atoms with Gasteiger partial charge in [0.1, 0.15) is 0 Å². The topological polar surface area (TPSA) is 29.3 Å². The third-order valence-corrected chi connectivity index (χ3v) is 3.38. The minimum absolute atomic E-state index is 0.165. The summed E-state index contributed by atoms with van der Waals surface area (Å²) in [4.78, 5) is 2.17. The molecule has 0 aliphatic carbocycles. The van der Waals surface area contributed by atoms with Crippen LogP contribution in [0.1, 0.15) is 24.9 Å². The Balaban J connectivity index is 3.04. The molecule has 15 heavy (non-hydrogen) atoms. The summed E-state index contributed by atoms with van der Waals surface area (Å²) in [7, 11) is 4.14. The number of hydrogen-bond donors (Lipinski definition) is 1. The lowest BCUT2D eigenvalue weighted by Gasteiger charge is -2.30. The van der Waals surface area contributed by atoms with E-state index in [0.717, 1.165) is 10.9 Å². The summed E-state index contributed by atoms with van der Waals surface area (Å²) in [5.74, 6) is 0. The van der Waals surface area contributed by atoms with Crippen molar-refractivity contribution in [3.05, 3.63) is 34.3 Å². The Bertz CT molecular complexity index is 312. The van der Waals surface area contributed by atoms with Crippen molar-refractivity contribution in [3.8, 4) is 0 Å². The predicted octanol–water partition coefficient (Wildman–Crippen LogP) is 2.79. The Morgan fingerprint density at radius 1 is 1.33 bits per heavy atom. The maximum Gasteiger partial charge on any atom is 0.0504 e. The van der Waals surface area contributed by atoms with Crippen LogP contribution < -0.4 is 5.73 Å². The molecule has 2 N–H and O–H groups in total. The molecule has 1 aromatic rings. The summed E-state index contributed by atoms with van der Waals surface area (Å²) < 4.78 is 1.13. The SMILES string of the molecule is CCC(N)C(c1ccccc1Br)N(C)C. The molecule has 0 fully saturated rings. The van der Waals surface area contributed by atoms with Gasteiger partial charge in [-0.25, -0.2) is 0 Å². The average molecular weight is 271 g/mol. The minimum Gasteiger partial charge on any atom is -0.326 e. The Morgan fingerprint density at radius 3 is 2.40 bits per heavy atom. The standard InChI is InChI=1S/C12H19BrN2/c1-4-11(14)12(15(2)3)9-7-5-6-8-10(9)13/h5-8,11-12H,4,14H2,1-3H3. The maximum absolute atomic E-state index is 6.16. The molecule has 0 heterocycles. The second-order valence-electron chi connectivity index (χ2n) is 4.00. The van der Waals surface area contributed by atoms with E-state index >= 15 is 0 Å². The van der Waals surface area contributed by atoms with Gasteiger partial charge in [-0.2, -0.15) is 0 Å². The summed E-state index contributed by atoms with van der Waals surface area (Å²) in [6.07, 6.45) is 0.976. The van der Waals surface area contributed by atoms with Crippen LogP contribution in [0.15, 0.2) is 28.7 Å². The molecule has 0 radical (unpaired) electrons. The van der Waals surface area contributed by atoms with Crippen LogP contribution in [0.4, 0.5) is 0 Å². The Kier molecular flexibility index (Phi) is 4.77. The Hall–Kier alpha value is -0.380. The first kappa shape index (κ1) is 12.7. The molecule has 0 amide bonds. The van der Waals surface area contributed by atoms with Crippen LogP contribution in [-0.2, 0) is 0 Å². The van der Waals surface area contributed by atoms with Gasteiger partial charge in [-0.15, -0.1) is 0 Å². The fourth-order valence-electron chi connectivity index (χ4n) is 1.83. The zero-order chi connectivity index (χ0) is 11.4. The Labute approximate surface area is 101 Å². The molecule has 2 nitrogen and oxygen atoms in total. The molecule has 0 bridgehead atoms. The van der Waals surface area contributed by atoms with Gasteiger partial charge >= 0.3 is 0 Å². The fraction of sp³-hybridized carbons (Fsp3) is 0.500. The molecule has 2 atom stereocenters. The van der Waals surface area contributed by atoms with Gasteiger partial charge in [0.2, 0.25) is 0 Å². The minimum atomic E-state index is 0.165. The van der Waals surface area contributed by atoms with Crippen molar-refractivity contribution in [2.24, 2.45) is 5.73 Å². The summed E-state index contributed by atoms with van der Waals surface area (Å²) in [6.45, 7) is 2.12. The van der Waals surface area contributed by atoms with Crippen molar-refractivity contribution in [1.82, 2.24) is 4.90 Å². The molecule has 0 saturated heterocycles. The van der Waals surface area contributed by atoms with Gasteiger partial charge in [0.05, 0.1) is 6.04 Å². The first-order valence-corrected chi connectivity index (χ1v) is 6.03. The molecule has 1 aromatic carbocycles. The molecular weight excluding hydrogens is 252 g/mol. The first-order valence-electron chi connectivity index (χ1n) is 5.24. The van der Waals surface area contributed by atoms with Gasteiger partial charge in [-0.3, -0.25) is 0 Å². The highest BCUT2D eigenvalue weighted by atomic mass is 79.9. The lowest BCUT2D eigenvalue weighted by Crippen LogP contribution is -2.37. The van der Waals surface area contributed by atoms with E-state index in [2.05, 4.69) is 60.0 Å². The van der Waals surface area contributed by atoms with Gasteiger partial charge in [-0.05, 0) is 32.1 Å². The predicted molar refractivity (Wildman–Crippen MR) is 68.8 cm³/mol. The summed E-state index contributed by atoms with van der Waals surface area (Å²) in [5, 5.41) is 0. The highest BCUT2D eigenvalue weighted by Gasteiger charge is 2.22. The number of nitrogens with zero attached hydrogens (tertiary/aromatic N) is 1. The van der Waals surface area contributed by atoms with E-state index in [1.165, 1.54) is 5.56 Å². The van der Waals surface area contributed by atoms with Gasteiger partial charge < -0.3 is 10.6 Å². The van der Waals surface area contributed by atoms with E-state index in [9.17, 15) is 0 Å².